The summed E-state index contributed by atoms with van der Waals surface area (Å²) >= 11 is 0. The van der Waals surface area contributed by atoms with Gasteiger partial charge in [0.15, 0.2) is 0 Å². The summed E-state index contributed by atoms with van der Waals surface area (Å²) in [4.78, 5) is 23.0. The summed E-state index contributed by atoms with van der Waals surface area (Å²) in [5.41, 5.74) is 2.38. The van der Waals surface area contributed by atoms with Crippen LogP contribution < -0.4 is 0 Å². The summed E-state index contributed by atoms with van der Waals surface area (Å²) in [6.07, 6.45) is 9.71. The molecule has 0 aromatic carbocycles. The Morgan fingerprint density at radius 2 is 1.90 bits per heavy atom. The van der Waals surface area contributed by atoms with Crippen molar-refractivity contribution in [3.63, 3.8) is 0 Å². The molecule has 2 rings (SSSR count). The van der Waals surface area contributed by atoms with Crippen LogP contribution in [0.2, 0.25) is 0 Å². The van der Waals surface area contributed by atoms with E-state index in [1.807, 2.05) is 0 Å². The molecular weight excluding hydrogens is 268 g/mol. The van der Waals surface area contributed by atoms with Crippen molar-refractivity contribution in [3.05, 3.63) is 23.3 Å². The smallest absolute Gasteiger partial charge is 0.309 e. The molecule has 2 atom stereocenters. The molecule has 2 aliphatic carbocycles. The lowest BCUT2D eigenvalue weighted by Crippen LogP contribution is -2.21. The first-order valence-electron chi connectivity index (χ1n) is 7.79. The van der Waals surface area contributed by atoms with Gasteiger partial charge in [-0.25, -0.2) is 0 Å². The minimum atomic E-state index is -0.720. The average molecular weight is 292 g/mol. The topological polar surface area (TPSA) is 63.6 Å². The Morgan fingerprint density at radius 1 is 1.19 bits per heavy atom. The lowest BCUT2D eigenvalue weighted by atomic mass is 9.87. The third kappa shape index (κ3) is 4.73. The van der Waals surface area contributed by atoms with Crippen molar-refractivity contribution < 1.29 is 19.4 Å². The summed E-state index contributed by atoms with van der Waals surface area (Å²) in [5.74, 6) is -1.09. The highest BCUT2D eigenvalue weighted by atomic mass is 16.5. The number of esters is 1. The van der Waals surface area contributed by atoms with Gasteiger partial charge in [0.25, 0.3) is 0 Å². The van der Waals surface area contributed by atoms with Gasteiger partial charge in [0, 0.05) is 6.42 Å². The first kappa shape index (κ1) is 15.8. The van der Waals surface area contributed by atoms with Gasteiger partial charge in [-0.3, -0.25) is 9.59 Å². The van der Waals surface area contributed by atoms with E-state index in [4.69, 9.17) is 9.84 Å². The van der Waals surface area contributed by atoms with Crippen molar-refractivity contribution in [2.24, 2.45) is 11.8 Å². The van der Waals surface area contributed by atoms with E-state index in [0.717, 1.165) is 31.3 Å². The zero-order valence-corrected chi connectivity index (χ0v) is 12.6. The van der Waals surface area contributed by atoms with Gasteiger partial charge >= 0.3 is 11.9 Å². The number of hydrogen-bond donors (Lipinski definition) is 1. The van der Waals surface area contributed by atoms with Crippen molar-refractivity contribution in [2.45, 2.75) is 51.9 Å². The van der Waals surface area contributed by atoms with Gasteiger partial charge in [-0.2, -0.15) is 0 Å². The van der Waals surface area contributed by atoms with E-state index < -0.39 is 5.97 Å². The Morgan fingerprint density at radius 3 is 2.62 bits per heavy atom. The fourth-order valence-corrected chi connectivity index (χ4v) is 3.11. The number of carboxylic acids is 1. The number of rotatable bonds is 5. The Balaban J connectivity index is 1.72. The molecule has 0 saturated carbocycles. The number of carbonyl (C=O) groups excluding carboxylic acids is 1. The molecule has 0 aromatic heterocycles. The van der Waals surface area contributed by atoms with Crippen molar-refractivity contribution in [2.75, 3.05) is 6.61 Å². The summed E-state index contributed by atoms with van der Waals surface area (Å²) in [6.45, 7) is 2.43. The van der Waals surface area contributed by atoms with Crippen LogP contribution in [0.5, 0.6) is 0 Å². The molecule has 0 heterocycles. The predicted molar refractivity (Wildman–Crippen MR) is 79.7 cm³/mol. The number of carboxylic acid groups (broad SMARTS) is 1. The highest BCUT2D eigenvalue weighted by molar-refractivity contribution is 5.73. The molecule has 0 fully saturated rings. The van der Waals surface area contributed by atoms with E-state index in [1.54, 1.807) is 0 Å². The number of allylic oxidation sites excluding steroid dienone is 3. The van der Waals surface area contributed by atoms with Crippen LogP contribution in [0.15, 0.2) is 23.3 Å². The lowest BCUT2D eigenvalue weighted by molar-refractivity contribution is -0.149. The van der Waals surface area contributed by atoms with Gasteiger partial charge in [-0.15, -0.1) is 0 Å². The Hall–Kier alpha value is -1.58. The molecule has 2 unspecified atom stereocenters. The molecule has 4 nitrogen and oxygen atoms in total. The second-order valence-corrected chi connectivity index (χ2v) is 6.13. The molecule has 0 aliphatic heterocycles. The first-order chi connectivity index (χ1) is 10.1. The summed E-state index contributed by atoms with van der Waals surface area (Å²) in [5, 5.41) is 9.05. The lowest BCUT2D eigenvalue weighted by Gasteiger charge is -2.21. The van der Waals surface area contributed by atoms with Crippen LogP contribution in [0.1, 0.15) is 51.9 Å². The van der Waals surface area contributed by atoms with Crippen molar-refractivity contribution in [1.29, 1.82) is 0 Å². The maximum atomic E-state index is 12.0. The Bertz CT molecular complexity index is 461. The van der Waals surface area contributed by atoms with Crippen molar-refractivity contribution >= 4 is 11.9 Å². The Labute approximate surface area is 125 Å². The van der Waals surface area contributed by atoms with E-state index in [2.05, 4.69) is 19.1 Å². The SMILES string of the molecule is CC1=CCCC(C(=O)OCCC2=CCCC(C(=O)O)C2)C1. The van der Waals surface area contributed by atoms with Gasteiger partial charge in [-0.1, -0.05) is 23.3 Å². The molecule has 0 spiro atoms. The van der Waals surface area contributed by atoms with E-state index in [9.17, 15) is 9.59 Å². The molecule has 0 amide bonds. The summed E-state index contributed by atoms with van der Waals surface area (Å²) < 4.78 is 5.37. The van der Waals surface area contributed by atoms with Gasteiger partial charge < -0.3 is 9.84 Å². The molecule has 0 aromatic rings. The molecule has 1 N–H and O–H groups in total. The fourth-order valence-electron chi connectivity index (χ4n) is 3.11. The molecule has 0 saturated heterocycles. The summed E-state index contributed by atoms with van der Waals surface area (Å²) in [6, 6.07) is 0. The van der Waals surface area contributed by atoms with Gasteiger partial charge in [0.2, 0.25) is 0 Å². The number of aliphatic carboxylic acids is 1. The normalized spacial score (nSPS) is 25.8. The van der Waals surface area contributed by atoms with Crippen LogP contribution in [-0.2, 0) is 14.3 Å². The van der Waals surface area contributed by atoms with E-state index in [-0.39, 0.29) is 17.8 Å². The zero-order chi connectivity index (χ0) is 15.2. The second kappa shape index (κ2) is 7.43. The number of hydrogen-bond acceptors (Lipinski definition) is 3. The molecule has 2 aliphatic rings. The van der Waals surface area contributed by atoms with E-state index in [1.165, 1.54) is 5.57 Å². The minimum absolute atomic E-state index is 0.00195. The van der Waals surface area contributed by atoms with Crippen LogP contribution >= 0.6 is 0 Å². The first-order valence-corrected chi connectivity index (χ1v) is 7.79. The fraction of sp³-hybridized carbons (Fsp3) is 0.647. The highest BCUT2D eigenvalue weighted by Crippen LogP contribution is 2.27. The number of carbonyl (C=O) groups is 2. The van der Waals surface area contributed by atoms with Gasteiger partial charge in [0.1, 0.15) is 0 Å². The van der Waals surface area contributed by atoms with Crippen molar-refractivity contribution in [3.8, 4) is 0 Å². The van der Waals surface area contributed by atoms with Crippen LogP contribution in [0.4, 0.5) is 0 Å². The van der Waals surface area contributed by atoms with Crippen molar-refractivity contribution in [1.82, 2.24) is 0 Å². The van der Waals surface area contributed by atoms with E-state index >= 15 is 0 Å². The van der Waals surface area contributed by atoms with E-state index in [0.29, 0.717) is 25.9 Å². The molecule has 4 heteroatoms. The van der Waals surface area contributed by atoms with Crippen LogP contribution in [0.25, 0.3) is 0 Å². The largest absolute Gasteiger partial charge is 0.481 e. The van der Waals surface area contributed by atoms with Gasteiger partial charge in [0.05, 0.1) is 18.4 Å². The zero-order valence-electron chi connectivity index (χ0n) is 12.6. The average Bonchev–Trinajstić information content (AvgIpc) is 2.47. The number of ether oxygens (including phenoxy) is 1. The molecule has 0 bridgehead atoms. The second-order valence-electron chi connectivity index (χ2n) is 6.13. The molecule has 0 radical (unpaired) electrons. The predicted octanol–water partition coefficient (Wildman–Crippen LogP) is 3.48. The quantitative estimate of drug-likeness (QED) is 0.622. The minimum Gasteiger partial charge on any atom is -0.481 e. The van der Waals surface area contributed by atoms with Crippen LogP contribution in [-0.4, -0.2) is 23.7 Å². The molecule has 116 valence electrons. The summed E-state index contributed by atoms with van der Waals surface area (Å²) in [7, 11) is 0. The molecule has 21 heavy (non-hydrogen) atoms. The monoisotopic (exact) mass is 292 g/mol. The maximum absolute atomic E-state index is 12.0. The van der Waals surface area contributed by atoms with Crippen LogP contribution in [0, 0.1) is 11.8 Å². The third-order valence-corrected chi connectivity index (χ3v) is 4.38. The maximum Gasteiger partial charge on any atom is 0.309 e. The Kier molecular flexibility index (Phi) is 5.59. The van der Waals surface area contributed by atoms with Crippen LogP contribution in [0.3, 0.4) is 0 Å². The molecular formula is C17H24O4. The van der Waals surface area contributed by atoms with Gasteiger partial charge in [-0.05, 0) is 45.4 Å². The standard InChI is InChI=1S/C17H24O4/c1-12-4-2-7-15(10-12)17(20)21-9-8-13-5-3-6-14(11-13)16(18)19/h4-5,14-15H,2-3,6-11H2,1H3,(H,18,19). The highest BCUT2D eigenvalue weighted by Gasteiger charge is 2.24. The third-order valence-electron chi connectivity index (χ3n) is 4.38.